The van der Waals surface area contributed by atoms with Gasteiger partial charge in [0.25, 0.3) is 11.8 Å². The molecule has 1 aliphatic rings. The minimum atomic E-state index is -0.567. The van der Waals surface area contributed by atoms with E-state index < -0.39 is 11.8 Å². The fraction of sp³-hybridized carbons (Fsp3) is 0.0714. The number of ether oxygens (including phenoxy) is 1. The second kappa shape index (κ2) is 9.49. The van der Waals surface area contributed by atoms with Crippen LogP contribution in [0.1, 0.15) is 16.7 Å². The highest BCUT2D eigenvalue weighted by Gasteiger charge is 2.36. The SMILES string of the molecule is COc1ccccc1N1C(=O)/C(=C/c2cn(Cc3ccccc3C#N)c3ccccc23)C(=O)NC1=S. The smallest absolute Gasteiger partial charge is 0.270 e. The van der Waals surface area contributed by atoms with E-state index in [1.54, 1.807) is 36.4 Å². The predicted molar refractivity (Wildman–Crippen MR) is 141 cm³/mol. The Balaban J connectivity index is 1.59. The van der Waals surface area contributed by atoms with Gasteiger partial charge in [-0.2, -0.15) is 5.26 Å². The quantitative estimate of drug-likeness (QED) is 0.254. The molecule has 1 aliphatic heterocycles. The summed E-state index contributed by atoms with van der Waals surface area (Å²) < 4.78 is 7.41. The molecule has 1 aromatic heterocycles. The zero-order valence-corrected chi connectivity index (χ0v) is 20.1. The first-order chi connectivity index (χ1) is 17.5. The number of nitrogens with one attached hydrogen (secondary N) is 1. The molecule has 0 bridgehead atoms. The Hall–Kier alpha value is -4.74. The van der Waals surface area contributed by atoms with E-state index in [-0.39, 0.29) is 10.7 Å². The molecule has 1 N–H and O–H groups in total. The number of rotatable bonds is 5. The van der Waals surface area contributed by atoms with Crippen molar-refractivity contribution in [3.63, 3.8) is 0 Å². The lowest BCUT2D eigenvalue weighted by Gasteiger charge is -2.29. The van der Waals surface area contributed by atoms with E-state index in [0.717, 1.165) is 16.5 Å². The zero-order chi connectivity index (χ0) is 25.2. The summed E-state index contributed by atoms with van der Waals surface area (Å²) in [5.41, 5.74) is 3.48. The molecule has 0 atom stereocenters. The molecule has 2 amide bonds. The number of amides is 2. The molecule has 0 radical (unpaired) electrons. The number of thiocarbonyl (C=S) groups is 1. The van der Waals surface area contributed by atoms with Crippen molar-refractivity contribution in [1.29, 1.82) is 5.26 Å². The lowest BCUT2D eigenvalue weighted by atomic mass is 10.1. The number of para-hydroxylation sites is 3. The normalized spacial score (nSPS) is 14.7. The van der Waals surface area contributed by atoms with Gasteiger partial charge >= 0.3 is 0 Å². The predicted octanol–water partition coefficient (Wildman–Crippen LogP) is 4.40. The van der Waals surface area contributed by atoms with E-state index in [0.29, 0.717) is 29.1 Å². The Bertz CT molecular complexity index is 1610. The number of carbonyl (C=O) groups excluding carboxylic acids is 2. The van der Waals surface area contributed by atoms with Crippen LogP contribution in [0.3, 0.4) is 0 Å². The minimum Gasteiger partial charge on any atom is -0.495 e. The van der Waals surface area contributed by atoms with Gasteiger partial charge in [-0.05, 0) is 48.1 Å². The van der Waals surface area contributed by atoms with Gasteiger partial charge in [0, 0.05) is 29.2 Å². The molecule has 3 aromatic carbocycles. The number of benzene rings is 3. The number of carbonyl (C=O) groups is 2. The van der Waals surface area contributed by atoms with Crippen LogP contribution in [0.4, 0.5) is 5.69 Å². The lowest BCUT2D eigenvalue weighted by Crippen LogP contribution is -2.54. The van der Waals surface area contributed by atoms with Crippen molar-refractivity contribution >= 4 is 51.8 Å². The fourth-order valence-electron chi connectivity index (χ4n) is 4.32. The first-order valence-electron chi connectivity index (χ1n) is 11.1. The van der Waals surface area contributed by atoms with Crippen LogP contribution in [0, 0.1) is 11.3 Å². The molecule has 7 nitrogen and oxygen atoms in total. The first kappa shape index (κ1) is 23.0. The molecule has 0 spiro atoms. The van der Waals surface area contributed by atoms with E-state index in [1.165, 1.54) is 12.0 Å². The third-order valence-electron chi connectivity index (χ3n) is 6.03. The van der Waals surface area contributed by atoms with E-state index in [4.69, 9.17) is 17.0 Å². The number of anilines is 1. The fourth-order valence-corrected chi connectivity index (χ4v) is 4.59. The second-order valence-electron chi connectivity index (χ2n) is 8.13. The molecule has 36 heavy (non-hydrogen) atoms. The number of aromatic nitrogens is 1. The van der Waals surface area contributed by atoms with Crippen molar-refractivity contribution in [2.75, 3.05) is 12.0 Å². The molecule has 176 valence electrons. The summed E-state index contributed by atoms with van der Waals surface area (Å²) in [4.78, 5) is 27.7. The largest absolute Gasteiger partial charge is 0.495 e. The lowest BCUT2D eigenvalue weighted by molar-refractivity contribution is -0.122. The molecular formula is C28H20N4O3S. The van der Waals surface area contributed by atoms with Gasteiger partial charge in [0.1, 0.15) is 11.3 Å². The summed E-state index contributed by atoms with van der Waals surface area (Å²) in [5.74, 6) is -0.654. The Labute approximate surface area is 212 Å². The van der Waals surface area contributed by atoms with Crippen LogP contribution in [-0.4, -0.2) is 28.6 Å². The van der Waals surface area contributed by atoms with Gasteiger partial charge in [0.2, 0.25) is 0 Å². The standard InChI is InChI=1S/C28H20N4O3S/c1-35-25-13-7-6-12-24(25)32-27(34)22(26(33)30-28(32)36)14-20-17-31(23-11-5-4-10-21(20)23)16-19-9-3-2-8-18(19)15-29/h2-14,17H,16H2,1H3,(H,30,33,36)/b22-14+. The number of methoxy groups -OCH3 is 1. The Morgan fingerprint density at radius 1 is 1.03 bits per heavy atom. The van der Waals surface area contributed by atoms with Crippen LogP contribution in [-0.2, 0) is 16.1 Å². The highest BCUT2D eigenvalue weighted by Crippen LogP contribution is 2.32. The molecular weight excluding hydrogens is 472 g/mol. The van der Waals surface area contributed by atoms with Gasteiger partial charge in [0.05, 0.1) is 24.4 Å². The highest BCUT2D eigenvalue weighted by atomic mass is 32.1. The van der Waals surface area contributed by atoms with Crippen molar-refractivity contribution < 1.29 is 14.3 Å². The molecule has 8 heteroatoms. The monoisotopic (exact) mass is 492 g/mol. The Morgan fingerprint density at radius 3 is 2.56 bits per heavy atom. The number of nitrogens with zero attached hydrogens (tertiary/aromatic N) is 3. The van der Waals surface area contributed by atoms with Gasteiger partial charge in [-0.15, -0.1) is 0 Å². The minimum absolute atomic E-state index is 0.0119. The third kappa shape index (κ3) is 4.02. The van der Waals surface area contributed by atoms with E-state index in [1.807, 2.05) is 53.2 Å². The highest BCUT2D eigenvalue weighted by molar-refractivity contribution is 7.80. The molecule has 5 rings (SSSR count). The van der Waals surface area contributed by atoms with E-state index in [2.05, 4.69) is 11.4 Å². The molecule has 0 aliphatic carbocycles. The van der Waals surface area contributed by atoms with Gasteiger partial charge in [0.15, 0.2) is 5.11 Å². The van der Waals surface area contributed by atoms with E-state index >= 15 is 0 Å². The maximum atomic E-state index is 13.5. The number of fused-ring (bicyclic) bond motifs is 1. The average Bonchev–Trinajstić information content (AvgIpc) is 3.24. The second-order valence-corrected chi connectivity index (χ2v) is 8.51. The maximum absolute atomic E-state index is 13.5. The van der Waals surface area contributed by atoms with Gasteiger partial charge in [-0.25, -0.2) is 4.90 Å². The van der Waals surface area contributed by atoms with Crippen molar-refractivity contribution in [1.82, 2.24) is 9.88 Å². The number of hydrogen-bond acceptors (Lipinski definition) is 5. The summed E-state index contributed by atoms with van der Waals surface area (Å²) in [6, 6.07) is 24.3. The van der Waals surface area contributed by atoms with Crippen LogP contribution in [0.2, 0.25) is 0 Å². The Morgan fingerprint density at radius 2 is 1.75 bits per heavy atom. The van der Waals surface area contributed by atoms with Gasteiger partial charge in [-0.1, -0.05) is 48.5 Å². The summed E-state index contributed by atoms with van der Waals surface area (Å²) in [6.07, 6.45) is 3.46. The van der Waals surface area contributed by atoms with Crippen LogP contribution < -0.4 is 15.0 Å². The summed E-state index contributed by atoms with van der Waals surface area (Å²) >= 11 is 5.33. The molecule has 0 saturated carbocycles. The van der Waals surface area contributed by atoms with Crippen molar-refractivity contribution in [3.8, 4) is 11.8 Å². The van der Waals surface area contributed by atoms with Gasteiger partial charge < -0.3 is 9.30 Å². The summed E-state index contributed by atoms with van der Waals surface area (Å²) in [5, 5.41) is 13.0. The van der Waals surface area contributed by atoms with Crippen LogP contribution in [0.5, 0.6) is 5.75 Å². The van der Waals surface area contributed by atoms with Crippen molar-refractivity contribution in [2.24, 2.45) is 0 Å². The van der Waals surface area contributed by atoms with E-state index in [9.17, 15) is 14.9 Å². The Kier molecular flexibility index (Phi) is 6.07. The average molecular weight is 493 g/mol. The van der Waals surface area contributed by atoms with Crippen molar-refractivity contribution in [3.05, 3.63) is 101 Å². The third-order valence-corrected chi connectivity index (χ3v) is 6.31. The summed E-state index contributed by atoms with van der Waals surface area (Å²) in [7, 11) is 1.50. The molecule has 1 saturated heterocycles. The van der Waals surface area contributed by atoms with Crippen LogP contribution >= 0.6 is 12.2 Å². The van der Waals surface area contributed by atoms with Gasteiger partial charge in [-0.3, -0.25) is 14.9 Å². The maximum Gasteiger partial charge on any atom is 0.270 e. The number of nitriles is 1. The van der Waals surface area contributed by atoms with Crippen LogP contribution in [0.25, 0.3) is 17.0 Å². The number of hydrogen-bond donors (Lipinski definition) is 1. The zero-order valence-electron chi connectivity index (χ0n) is 19.3. The molecule has 2 heterocycles. The molecule has 0 unspecified atom stereocenters. The molecule has 1 fully saturated rings. The van der Waals surface area contributed by atoms with Crippen molar-refractivity contribution in [2.45, 2.75) is 6.54 Å². The van der Waals surface area contributed by atoms with Crippen LogP contribution in [0.15, 0.2) is 84.6 Å². The summed E-state index contributed by atoms with van der Waals surface area (Å²) in [6.45, 7) is 0.463. The molecule has 4 aromatic rings. The first-order valence-corrected chi connectivity index (χ1v) is 11.5. The topological polar surface area (TPSA) is 87.4 Å².